The molecule has 4 rings (SSSR count). The molecule has 0 bridgehead atoms. The Bertz CT molecular complexity index is 1440. The number of aliphatic carboxylic acids is 1. The van der Waals surface area contributed by atoms with Gasteiger partial charge in [0.2, 0.25) is 0 Å². The Hall–Kier alpha value is -3.71. The van der Waals surface area contributed by atoms with Gasteiger partial charge < -0.3 is 19.0 Å². The zero-order valence-electron chi connectivity index (χ0n) is 20.5. The Morgan fingerprint density at radius 3 is 2.26 bits per heavy atom. The van der Waals surface area contributed by atoms with E-state index in [1.54, 1.807) is 46.1 Å². The molecule has 6 nitrogen and oxygen atoms in total. The highest BCUT2D eigenvalue weighted by Gasteiger charge is 2.33. The maximum absolute atomic E-state index is 13.6. The van der Waals surface area contributed by atoms with Crippen LogP contribution in [-0.2, 0) is 23.1 Å². The zero-order valence-corrected chi connectivity index (χ0v) is 20.5. The first-order valence-corrected chi connectivity index (χ1v) is 11.4. The van der Waals surface area contributed by atoms with Crippen molar-refractivity contribution in [2.24, 2.45) is 7.05 Å². The van der Waals surface area contributed by atoms with E-state index in [1.807, 2.05) is 41.8 Å². The number of carboxylic acid groups (broad SMARTS) is 1. The van der Waals surface area contributed by atoms with Crippen molar-refractivity contribution in [1.29, 1.82) is 0 Å². The Balaban J connectivity index is 2.02. The largest absolute Gasteiger partial charge is 0.479 e. The number of halogens is 1. The number of hydrogen-bond donors (Lipinski definition) is 1. The molecule has 1 atom stereocenters. The number of rotatable bonds is 6. The van der Waals surface area contributed by atoms with E-state index in [0.29, 0.717) is 23.0 Å². The van der Waals surface area contributed by atoms with Crippen molar-refractivity contribution in [1.82, 2.24) is 9.13 Å². The summed E-state index contributed by atoms with van der Waals surface area (Å²) in [6.45, 7) is 7.69. The molecule has 4 aromatic rings. The van der Waals surface area contributed by atoms with Crippen LogP contribution in [0.1, 0.15) is 43.7 Å². The quantitative estimate of drug-likeness (QED) is 0.402. The molecule has 0 saturated carbocycles. The van der Waals surface area contributed by atoms with Crippen LogP contribution in [0, 0.1) is 12.7 Å². The first-order chi connectivity index (χ1) is 16.5. The van der Waals surface area contributed by atoms with E-state index in [0.717, 1.165) is 16.7 Å². The minimum Gasteiger partial charge on any atom is -0.479 e. The molecule has 7 heteroatoms. The van der Waals surface area contributed by atoms with Gasteiger partial charge in [0, 0.05) is 30.7 Å². The van der Waals surface area contributed by atoms with Gasteiger partial charge in [-0.2, -0.15) is 0 Å². The maximum atomic E-state index is 13.6. The van der Waals surface area contributed by atoms with Gasteiger partial charge in [-0.25, -0.2) is 9.18 Å². The van der Waals surface area contributed by atoms with E-state index in [4.69, 9.17) is 4.74 Å². The van der Waals surface area contributed by atoms with Crippen LogP contribution >= 0.6 is 0 Å². The smallest absolute Gasteiger partial charge is 0.339 e. The number of fused-ring (bicyclic) bond motifs is 1. The second kappa shape index (κ2) is 9.15. The number of aryl methyl sites for hydroxylation is 1. The van der Waals surface area contributed by atoms with Crippen LogP contribution in [0.3, 0.4) is 0 Å². The molecular weight excluding hydrogens is 447 g/mol. The minimum atomic E-state index is -1.35. The molecule has 0 aliphatic rings. The van der Waals surface area contributed by atoms with Crippen LogP contribution in [0.15, 0.2) is 65.6 Å². The standard InChI is InChI=1S/C28H29FN2O4/c1-17-6-10-19(11-7-17)22-21-14-15-31(16-18-8-12-20(29)13-9-18)23(21)26(32)30(5)24(22)25(27(33)34)35-28(2,3)4/h6-15,25H,16H2,1-5H3,(H,33,34)/t25-/m0/s1. The number of aromatic nitrogens is 2. The van der Waals surface area contributed by atoms with Gasteiger partial charge in [0.15, 0.2) is 6.10 Å². The van der Waals surface area contributed by atoms with Crippen molar-refractivity contribution in [3.8, 4) is 11.1 Å². The molecule has 35 heavy (non-hydrogen) atoms. The third-order valence-corrected chi connectivity index (χ3v) is 5.91. The molecule has 182 valence electrons. The summed E-state index contributed by atoms with van der Waals surface area (Å²) >= 11 is 0. The minimum absolute atomic E-state index is 0.285. The average molecular weight is 477 g/mol. The van der Waals surface area contributed by atoms with Crippen molar-refractivity contribution in [3.05, 3.63) is 93.8 Å². The lowest BCUT2D eigenvalue weighted by atomic mass is 9.95. The van der Waals surface area contributed by atoms with Crippen LogP contribution in [0.2, 0.25) is 0 Å². The van der Waals surface area contributed by atoms with Crippen LogP contribution in [-0.4, -0.2) is 25.8 Å². The number of carboxylic acids is 1. The van der Waals surface area contributed by atoms with Crippen molar-refractivity contribution >= 4 is 16.9 Å². The molecular formula is C28H29FN2O4. The van der Waals surface area contributed by atoms with Crippen molar-refractivity contribution in [2.45, 2.75) is 45.9 Å². The normalized spacial score (nSPS) is 12.7. The van der Waals surface area contributed by atoms with Crippen LogP contribution < -0.4 is 5.56 Å². The summed E-state index contributed by atoms with van der Waals surface area (Å²) in [7, 11) is 1.58. The second-order valence-electron chi connectivity index (χ2n) is 9.77. The Morgan fingerprint density at radius 2 is 1.69 bits per heavy atom. The van der Waals surface area contributed by atoms with Crippen LogP contribution in [0.25, 0.3) is 22.0 Å². The van der Waals surface area contributed by atoms with Gasteiger partial charge in [-0.3, -0.25) is 4.79 Å². The molecule has 2 aromatic carbocycles. The summed E-state index contributed by atoms with van der Waals surface area (Å²) < 4.78 is 22.5. The maximum Gasteiger partial charge on any atom is 0.339 e. The number of benzene rings is 2. The monoisotopic (exact) mass is 476 g/mol. The van der Waals surface area contributed by atoms with E-state index in [1.165, 1.54) is 16.7 Å². The molecule has 0 fully saturated rings. The Labute approximate surface area is 203 Å². The van der Waals surface area contributed by atoms with E-state index in [-0.39, 0.29) is 17.1 Å². The molecule has 0 unspecified atom stereocenters. The third kappa shape index (κ3) is 4.91. The van der Waals surface area contributed by atoms with E-state index < -0.39 is 17.7 Å². The van der Waals surface area contributed by atoms with Crippen LogP contribution in [0.5, 0.6) is 0 Å². The first-order valence-electron chi connectivity index (χ1n) is 11.4. The van der Waals surface area contributed by atoms with E-state index >= 15 is 0 Å². The fraction of sp³-hybridized carbons (Fsp3) is 0.286. The van der Waals surface area contributed by atoms with Crippen molar-refractivity contribution in [3.63, 3.8) is 0 Å². The lowest BCUT2D eigenvalue weighted by Gasteiger charge is -2.28. The summed E-state index contributed by atoms with van der Waals surface area (Å²) in [4.78, 5) is 26.1. The predicted octanol–water partition coefficient (Wildman–Crippen LogP) is 5.44. The average Bonchev–Trinajstić information content (AvgIpc) is 3.19. The fourth-order valence-corrected chi connectivity index (χ4v) is 4.31. The number of pyridine rings is 1. The fourth-order valence-electron chi connectivity index (χ4n) is 4.31. The predicted molar refractivity (Wildman–Crippen MR) is 134 cm³/mol. The number of ether oxygens (including phenoxy) is 1. The summed E-state index contributed by atoms with van der Waals surface area (Å²) in [5.74, 6) is -1.50. The van der Waals surface area contributed by atoms with E-state index in [2.05, 4.69) is 0 Å². The number of hydrogen-bond acceptors (Lipinski definition) is 3. The van der Waals surface area contributed by atoms with Crippen molar-refractivity contribution < 1.29 is 19.0 Å². The summed E-state index contributed by atoms with van der Waals surface area (Å²) in [5, 5.41) is 10.8. The van der Waals surface area contributed by atoms with Crippen molar-refractivity contribution in [2.75, 3.05) is 0 Å². The van der Waals surface area contributed by atoms with Gasteiger partial charge >= 0.3 is 5.97 Å². The van der Waals surface area contributed by atoms with Gasteiger partial charge in [0.25, 0.3) is 5.56 Å². The van der Waals surface area contributed by atoms with Gasteiger partial charge in [0.05, 0.1) is 11.3 Å². The lowest BCUT2D eigenvalue weighted by molar-refractivity contribution is -0.161. The Morgan fingerprint density at radius 1 is 1.06 bits per heavy atom. The van der Waals surface area contributed by atoms with E-state index in [9.17, 15) is 19.1 Å². The first kappa shape index (κ1) is 24.4. The van der Waals surface area contributed by atoms with Crippen LogP contribution in [0.4, 0.5) is 4.39 Å². The SMILES string of the molecule is Cc1ccc(-c2c([C@H](OC(C)(C)C)C(=O)O)n(C)c(=O)c3c2ccn3Cc2ccc(F)cc2)cc1. The molecule has 0 aliphatic carbocycles. The zero-order chi connectivity index (χ0) is 25.5. The Kier molecular flexibility index (Phi) is 6.38. The molecule has 0 spiro atoms. The highest BCUT2D eigenvalue weighted by atomic mass is 19.1. The highest BCUT2D eigenvalue weighted by molar-refractivity contribution is 5.98. The lowest BCUT2D eigenvalue weighted by Crippen LogP contribution is -2.33. The van der Waals surface area contributed by atoms with Gasteiger partial charge in [-0.05, 0) is 57.0 Å². The molecule has 0 saturated heterocycles. The van der Waals surface area contributed by atoms with Gasteiger partial charge in [-0.15, -0.1) is 0 Å². The molecule has 2 aromatic heterocycles. The summed E-state index contributed by atoms with van der Waals surface area (Å²) in [5.41, 5.74) is 2.96. The molecule has 0 amide bonds. The molecule has 0 aliphatic heterocycles. The second-order valence-corrected chi connectivity index (χ2v) is 9.77. The topological polar surface area (TPSA) is 73.5 Å². The highest BCUT2D eigenvalue weighted by Crippen LogP contribution is 2.37. The molecule has 1 N–H and O–H groups in total. The summed E-state index contributed by atoms with van der Waals surface area (Å²) in [6, 6.07) is 15.7. The number of nitrogens with zero attached hydrogens (tertiary/aromatic N) is 2. The summed E-state index contributed by atoms with van der Waals surface area (Å²) in [6.07, 6.45) is 0.450. The molecule has 0 radical (unpaired) electrons. The number of carbonyl (C=O) groups is 1. The molecule has 2 heterocycles. The van der Waals surface area contributed by atoms with Gasteiger partial charge in [0.1, 0.15) is 11.3 Å². The van der Waals surface area contributed by atoms with Gasteiger partial charge in [-0.1, -0.05) is 42.0 Å². The third-order valence-electron chi connectivity index (χ3n) is 5.91.